The van der Waals surface area contributed by atoms with Crippen LogP contribution in [0, 0.1) is 5.41 Å². The molecule has 2 heteroatoms. The van der Waals surface area contributed by atoms with E-state index in [1.807, 2.05) is 0 Å². The molecule has 2 nitrogen and oxygen atoms in total. The number of hydrogen-bond acceptors (Lipinski definition) is 0. The van der Waals surface area contributed by atoms with Gasteiger partial charge in [0.05, 0.1) is 23.2 Å². The van der Waals surface area contributed by atoms with Crippen molar-refractivity contribution in [2.24, 2.45) is 12.5 Å². The van der Waals surface area contributed by atoms with Crippen molar-refractivity contribution in [3.05, 3.63) is 77.5 Å². The number of aryl methyl sites for hydroxylation is 2. The Bertz CT molecular complexity index is 1580. The number of rotatable bonds is 16. The van der Waals surface area contributed by atoms with E-state index in [0.717, 1.165) is 13.0 Å². The zero-order valence-electron chi connectivity index (χ0n) is 32.9. The molecular weight excluding hydrogens is 581 g/mol. The number of unbranched alkanes of at least 4 members (excludes halogenated alkanes) is 9. The second-order valence-corrected chi connectivity index (χ2v) is 17.5. The van der Waals surface area contributed by atoms with Gasteiger partial charge in [-0.3, -0.25) is 0 Å². The van der Waals surface area contributed by atoms with E-state index in [1.165, 1.54) is 121 Å². The van der Waals surface area contributed by atoms with E-state index in [2.05, 4.69) is 146 Å². The summed E-state index contributed by atoms with van der Waals surface area (Å²) in [7, 11) is 2.30. The van der Waals surface area contributed by atoms with Crippen LogP contribution >= 0.6 is 0 Å². The maximum atomic E-state index is 2.63. The van der Waals surface area contributed by atoms with Crippen molar-refractivity contribution in [3.63, 3.8) is 0 Å². The van der Waals surface area contributed by atoms with Crippen LogP contribution < -0.4 is 4.68 Å². The molecule has 0 spiro atoms. The first-order valence-electron chi connectivity index (χ1n) is 19.4. The molecule has 0 unspecified atom stereocenters. The smallest absolute Gasteiger partial charge is 0.156 e. The Hall–Kier alpha value is -2.87. The third kappa shape index (κ3) is 9.42. The highest BCUT2D eigenvalue weighted by Crippen LogP contribution is 2.39. The minimum absolute atomic E-state index is 0.139. The van der Waals surface area contributed by atoms with Gasteiger partial charge < -0.3 is 0 Å². The molecule has 1 aromatic heterocycles. The Balaban J connectivity index is 1.67. The number of fused-ring (bicyclic) bond motifs is 1. The highest BCUT2D eigenvalue weighted by molar-refractivity contribution is 6.02. The SMILES string of the molecule is CCCCCCCCCCCCC(C)(C)Cn1c(CC)c2c(-c3ccc(C(C)(C)C)cc3)ccc(-c3ccc(C(C)(C)C)cc3)c2[n+]1C. The van der Waals surface area contributed by atoms with Crippen molar-refractivity contribution in [3.8, 4) is 22.3 Å². The number of aromatic nitrogens is 2. The Labute approximate surface area is 295 Å². The molecule has 0 aliphatic carbocycles. The Morgan fingerprint density at radius 2 is 0.979 bits per heavy atom. The second kappa shape index (κ2) is 16.2. The van der Waals surface area contributed by atoms with Crippen LogP contribution in [0.1, 0.15) is 157 Å². The van der Waals surface area contributed by atoms with Gasteiger partial charge in [0, 0.05) is 0 Å². The summed E-state index contributed by atoms with van der Waals surface area (Å²) < 4.78 is 5.12. The lowest BCUT2D eigenvalue weighted by molar-refractivity contribution is -0.732. The average Bonchev–Trinajstić information content (AvgIpc) is 3.31. The van der Waals surface area contributed by atoms with Gasteiger partial charge in [-0.25, -0.2) is 0 Å². The van der Waals surface area contributed by atoms with Crippen molar-refractivity contribution in [1.29, 1.82) is 0 Å². The molecule has 0 amide bonds. The predicted molar refractivity (Wildman–Crippen MR) is 211 cm³/mol. The normalized spacial score (nSPS) is 12.7. The monoisotopic (exact) mass is 650 g/mol. The molecule has 0 N–H and O–H groups in total. The molecule has 48 heavy (non-hydrogen) atoms. The molecule has 262 valence electrons. The fraction of sp³-hybridized carbons (Fsp3) is 0.587. The Kier molecular flexibility index (Phi) is 12.8. The van der Waals surface area contributed by atoms with E-state index in [9.17, 15) is 0 Å². The van der Waals surface area contributed by atoms with E-state index < -0.39 is 0 Å². The molecule has 0 bridgehead atoms. The highest BCUT2D eigenvalue weighted by Gasteiger charge is 2.31. The van der Waals surface area contributed by atoms with Crippen LogP contribution in [0.4, 0.5) is 0 Å². The first-order chi connectivity index (χ1) is 22.7. The summed E-state index contributed by atoms with van der Waals surface area (Å²) in [5.41, 5.74) is 11.3. The maximum absolute atomic E-state index is 2.63. The molecule has 1 heterocycles. The lowest BCUT2D eigenvalue weighted by atomic mass is 9.85. The first kappa shape index (κ1) is 37.9. The van der Waals surface area contributed by atoms with Crippen LogP contribution in [0.25, 0.3) is 33.2 Å². The van der Waals surface area contributed by atoms with Gasteiger partial charge in [0.25, 0.3) is 0 Å². The topological polar surface area (TPSA) is 8.81 Å². The van der Waals surface area contributed by atoms with Gasteiger partial charge in [-0.05, 0) is 63.0 Å². The van der Waals surface area contributed by atoms with Crippen LogP contribution in [0.3, 0.4) is 0 Å². The summed E-state index contributed by atoms with van der Waals surface area (Å²) in [6, 6.07) is 23.5. The molecule has 4 aromatic rings. The predicted octanol–water partition coefficient (Wildman–Crippen LogP) is 13.3. The van der Waals surface area contributed by atoms with Crippen molar-refractivity contribution in [1.82, 2.24) is 4.68 Å². The Morgan fingerprint density at radius 1 is 0.542 bits per heavy atom. The summed E-state index contributed by atoms with van der Waals surface area (Å²) >= 11 is 0. The zero-order chi connectivity index (χ0) is 35.1. The summed E-state index contributed by atoms with van der Waals surface area (Å²) in [4.78, 5) is 0. The molecule has 3 aromatic carbocycles. The van der Waals surface area contributed by atoms with E-state index in [0.29, 0.717) is 0 Å². The van der Waals surface area contributed by atoms with Crippen molar-refractivity contribution in [2.75, 3.05) is 0 Å². The highest BCUT2D eigenvalue weighted by atomic mass is 15.4. The molecule has 0 radical (unpaired) electrons. The molecule has 0 atom stereocenters. The standard InChI is InChI=1S/C46H69N2/c1-12-14-15-16-17-18-19-20-21-22-33-46(9,10)34-48-41(13-2)42-39(35-23-27-37(28-24-35)44(3,4)5)31-32-40(43(42)47(48)11)36-25-29-38(30-26-36)45(6,7)8/h23-32H,12-22,33-34H2,1-11H3/q+1. The van der Waals surface area contributed by atoms with Gasteiger partial charge in [0.15, 0.2) is 7.05 Å². The molecule has 0 aliphatic heterocycles. The minimum Gasteiger partial charge on any atom is -0.156 e. The Morgan fingerprint density at radius 3 is 1.44 bits per heavy atom. The average molecular weight is 650 g/mol. The fourth-order valence-electron chi connectivity index (χ4n) is 7.56. The molecule has 0 aliphatic rings. The lowest BCUT2D eigenvalue weighted by Crippen LogP contribution is -2.43. The fourth-order valence-corrected chi connectivity index (χ4v) is 7.56. The minimum atomic E-state index is 0.139. The van der Waals surface area contributed by atoms with Crippen molar-refractivity contribution in [2.45, 2.75) is 164 Å². The molecule has 0 saturated heterocycles. The molecular formula is C46H69N2+. The number of nitrogens with zero attached hydrogens (tertiary/aromatic N) is 2. The van der Waals surface area contributed by atoms with Gasteiger partial charge in [-0.15, -0.1) is 4.68 Å². The van der Waals surface area contributed by atoms with E-state index >= 15 is 0 Å². The lowest BCUT2D eigenvalue weighted by Gasteiger charge is -2.24. The van der Waals surface area contributed by atoms with Gasteiger partial charge in [-0.1, -0.05) is 188 Å². The van der Waals surface area contributed by atoms with E-state index in [1.54, 1.807) is 0 Å². The number of hydrogen-bond donors (Lipinski definition) is 0. The summed E-state index contributed by atoms with van der Waals surface area (Å²) in [6.45, 7) is 24.4. The van der Waals surface area contributed by atoms with Gasteiger partial charge in [-0.2, -0.15) is 4.68 Å². The third-order valence-corrected chi connectivity index (χ3v) is 10.7. The first-order valence-corrected chi connectivity index (χ1v) is 19.4. The van der Waals surface area contributed by atoms with Gasteiger partial charge in [0.2, 0.25) is 5.52 Å². The van der Waals surface area contributed by atoms with Crippen LogP contribution in [0.2, 0.25) is 0 Å². The second-order valence-electron chi connectivity index (χ2n) is 17.5. The van der Waals surface area contributed by atoms with Crippen LogP contribution in [0.15, 0.2) is 60.7 Å². The largest absolute Gasteiger partial charge is 0.246 e. The summed E-state index contributed by atoms with van der Waals surface area (Å²) in [5, 5.41) is 1.41. The quantitative estimate of drug-likeness (QED) is 0.0843. The molecule has 0 saturated carbocycles. The van der Waals surface area contributed by atoms with Crippen molar-refractivity contribution >= 4 is 10.9 Å². The van der Waals surface area contributed by atoms with Crippen LogP contribution in [-0.2, 0) is 30.8 Å². The molecule has 0 fully saturated rings. The van der Waals surface area contributed by atoms with Gasteiger partial charge in [0.1, 0.15) is 0 Å². The molecule has 4 rings (SSSR count). The third-order valence-electron chi connectivity index (χ3n) is 10.7. The van der Waals surface area contributed by atoms with Crippen LogP contribution in [-0.4, -0.2) is 4.68 Å². The maximum Gasteiger partial charge on any atom is 0.246 e. The van der Waals surface area contributed by atoms with Gasteiger partial charge >= 0.3 is 0 Å². The van der Waals surface area contributed by atoms with Crippen molar-refractivity contribution < 1.29 is 4.68 Å². The number of benzene rings is 3. The van der Waals surface area contributed by atoms with E-state index in [4.69, 9.17) is 0 Å². The van der Waals surface area contributed by atoms with Crippen LogP contribution in [0.5, 0.6) is 0 Å². The summed E-state index contributed by atoms with van der Waals surface area (Å²) in [6.07, 6.45) is 16.2. The summed E-state index contributed by atoms with van der Waals surface area (Å²) in [5.74, 6) is 0. The van der Waals surface area contributed by atoms with E-state index in [-0.39, 0.29) is 16.2 Å². The zero-order valence-corrected chi connectivity index (χ0v) is 32.9.